The van der Waals surface area contributed by atoms with Crippen LogP contribution in [0.25, 0.3) is 11.1 Å². The average Bonchev–Trinajstić information content (AvgIpc) is 2.87. The van der Waals surface area contributed by atoms with E-state index in [1.165, 1.54) is 12.8 Å². The van der Waals surface area contributed by atoms with Crippen LogP contribution in [0.5, 0.6) is 0 Å². The zero-order chi connectivity index (χ0) is 13.3. The van der Waals surface area contributed by atoms with Gasteiger partial charge in [0.25, 0.3) is 0 Å². The Balaban J connectivity index is 1.91. The Hall–Kier alpha value is -1.26. The van der Waals surface area contributed by atoms with E-state index >= 15 is 0 Å². The monoisotopic (exact) mass is 317 g/mol. The molecule has 98 valence electrons. The molecule has 3 rings (SSSR count). The Kier molecular flexibility index (Phi) is 3.37. The molecule has 1 aromatic carbocycles. The minimum Gasteiger partial charge on any atom is -0.319 e. The van der Waals surface area contributed by atoms with Gasteiger partial charge in [0.15, 0.2) is 0 Å². The summed E-state index contributed by atoms with van der Waals surface area (Å²) in [5, 5.41) is 0. The maximum absolute atomic E-state index is 6.36. The summed E-state index contributed by atoms with van der Waals surface area (Å²) in [5.74, 6) is 0.781. The summed E-state index contributed by atoms with van der Waals surface area (Å²) in [4.78, 5) is 8.97. The molecule has 0 amide bonds. The quantitative estimate of drug-likeness (QED) is 0.920. The van der Waals surface area contributed by atoms with Crippen LogP contribution in [0.2, 0.25) is 0 Å². The van der Waals surface area contributed by atoms with E-state index in [0.29, 0.717) is 0 Å². The van der Waals surface area contributed by atoms with E-state index < -0.39 is 0 Å². The van der Waals surface area contributed by atoms with E-state index in [1.807, 2.05) is 24.5 Å². The Morgan fingerprint density at radius 3 is 2.37 bits per heavy atom. The van der Waals surface area contributed by atoms with Gasteiger partial charge in [0.05, 0.1) is 5.54 Å². The molecular weight excluding hydrogens is 302 g/mol. The molecule has 0 spiro atoms. The fourth-order valence-corrected chi connectivity index (χ4v) is 3.03. The molecule has 3 nitrogen and oxygen atoms in total. The molecule has 0 aliphatic heterocycles. The minimum atomic E-state index is -0.310. The summed E-state index contributed by atoms with van der Waals surface area (Å²) in [6.45, 7) is 0. The fourth-order valence-electron chi connectivity index (χ4n) is 2.63. The Bertz CT molecular complexity index is 574. The largest absolute Gasteiger partial charge is 0.319 e. The second-order valence-electron chi connectivity index (χ2n) is 5.17. The molecule has 1 aromatic heterocycles. The van der Waals surface area contributed by atoms with Crippen molar-refractivity contribution in [1.82, 2.24) is 9.97 Å². The lowest BCUT2D eigenvalue weighted by atomic mass is 9.98. The number of rotatable bonds is 2. The average molecular weight is 318 g/mol. The van der Waals surface area contributed by atoms with E-state index in [9.17, 15) is 0 Å². The van der Waals surface area contributed by atoms with Crippen LogP contribution in [-0.2, 0) is 5.54 Å². The highest BCUT2D eigenvalue weighted by Gasteiger charge is 2.33. The first-order valence-electron chi connectivity index (χ1n) is 6.55. The van der Waals surface area contributed by atoms with Gasteiger partial charge in [-0.2, -0.15) is 0 Å². The van der Waals surface area contributed by atoms with Crippen molar-refractivity contribution in [2.75, 3.05) is 0 Å². The second kappa shape index (κ2) is 5.02. The van der Waals surface area contributed by atoms with Gasteiger partial charge in [-0.25, -0.2) is 9.97 Å². The molecule has 0 bridgehead atoms. The van der Waals surface area contributed by atoms with Gasteiger partial charge in [0.2, 0.25) is 0 Å². The number of nitrogens with zero attached hydrogens (tertiary/aromatic N) is 2. The van der Waals surface area contributed by atoms with E-state index in [-0.39, 0.29) is 5.54 Å². The van der Waals surface area contributed by atoms with Crippen LogP contribution >= 0.6 is 15.9 Å². The molecule has 0 radical (unpaired) electrons. The van der Waals surface area contributed by atoms with Crippen LogP contribution < -0.4 is 5.73 Å². The normalized spacial score (nSPS) is 17.6. The van der Waals surface area contributed by atoms with E-state index in [1.54, 1.807) is 0 Å². The minimum absolute atomic E-state index is 0.310. The molecule has 1 saturated carbocycles. The molecule has 1 heterocycles. The molecule has 19 heavy (non-hydrogen) atoms. The lowest BCUT2D eigenvalue weighted by Crippen LogP contribution is -2.35. The van der Waals surface area contributed by atoms with Crippen LogP contribution in [0, 0.1) is 0 Å². The lowest BCUT2D eigenvalue weighted by Gasteiger charge is -2.21. The Labute approximate surface area is 121 Å². The topological polar surface area (TPSA) is 51.8 Å². The maximum atomic E-state index is 6.36. The van der Waals surface area contributed by atoms with Gasteiger partial charge in [-0.3, -0.25) is 0 Å². The molecule has 1 aliphatic rings. The third kappa shape index (κ3) is 2.55. The second-order valence-corrected chi connectivity index (χ2v) is 6.08. The van der Waals surface area contributed by atoms with Crippen molar-refractivity contribution in [2.24, 2.45) is 5.73 Å². The van der Waals surface area contributed by atoms with Gasteiger partial charge < -0.3 is 5.73 Å². The van der Waals surface area contributed by atoms with Crippen LogP contribution in [0.15, 0.2) is 41.1 Å². The van der Waals surface area contributed by atoms with Crippen LogP contribution in [0.3, 0.4) is 0 Å². The molecule has 2 aromatic rings. The van der Waals surface area contributed by atoms with E-state index in [2.05, 4.69) is 38.0 Å². The lowest BCUT2D eigenvalue weighted by molar-refractivity contribution is 0.431. The molecule has 4 heteroatoms. The van der Waals surface area contributed by atoms with Gasteiger partial charge in [-0.15, -0.1) is 0 Å². The van der Waals surface area contributed by atoms with Crippen molar-refractivity contribution < 1.29 is 0 Å². The smallest absolute Gasteiger partial charge is 0.148 e. The summed E-state index contributed by atoms with van der Waals surface area (Å²) in [6, 6.07) is 8.13. The van der Waals surface area contributed by atoms with Crippen molar-refractivity contribution in [2.45, 2.75) is 31.2 Å². The summed E-state index contributed by atoms with van der Waals surface area (Å²) in [7, 11) is 0. The first-order valence-corrected chi connectivity index (χ1v) is 7.34. The Morgan fingerprint density at radius 1 is 1.05 bits per heavy atom. The van der Waals surface area contributed by atoms with Crippen LogP contribution in [0.4, 0.5) is 0 Å². The molecule has 1 aliphatic carbocycles. The Morgan fingerprint density at radius 2 is 1.74 bits per heavy atom. The highest BCUT2D eigenvalue weighted by Crippen LogP contribution is 2.34. The van der Waals surface area contributed by atoms with Gasteiger partial charge in [0.1, 0.15) is 5.82 Å². The molecule has 0 atom stereocenters. The number of hydrogen-bond acceptors (Lipinski definition) is 3. The van der Waals surface area contributed by atoms with Crippen molar-refractivity contribution in [1.29, 1.82) is 0 Å². The number of benzene rings is 1. The van der Waals surface area contributed by atoms with Crippen molar-refractivity contribution in [3.8, 4) is 11.1 Å². The highest BCUT2D eigenvalue weighted by molar-refractivity contribution is 9.10. The van der Waals surface area contributed by atoms with Crippen LogP contribution in [-0.4, -0.2) is 9.97 Å². The number of nitrogens with two attached hydrogens (primary N) is 1. The zero-order valence-corrected chi connectivity index (χ0v) is 12.2. The summed E-state index contributed by atoms with van der Waals surface area (Å²) in [6.07, 6.45) is 8.07. The fraction of sp³-hybridized carbons (Fsp3) is 0.333. The summed E-state index contributed by atoms with van der Waals surface area (Å²) in [5.41, 5.74) is 8.18. The molecule has 0 saturated heterocycles. The zero-order valence-electron chi connectivity index (χ0n) is 10.6. The van der Waals surface area contributed by atoms with E-state index in [4.69, 9.17) is 5.73 Å². The first kappa shape index (κ1) is 12.8. The van der Waals surface area contributed by atoms with Crippen LogP contribution in [0.1, 0.15) is 31.5 Å². The SMILES string of the molecule is NC1(c2ncc(-c3cccc(Br)c3)cn2)CCCC1. The molecule has 1 fully saturated rings. The third-order valence-electron chi connectivity index (χ3n) is 3.75. The van der Waals surface area contributed by atoms with E-state index in [0.717, 1.165) is 34.3 Å². The third-order valence-corrected chi connectivity index (χ3v) is 4.24. The number of aromatic nitrogens is 2. The molecule has 2 N–H and O–H groups in total. The maximum Gasteiger partial charge on any atom is 0.148 e. The highest BCUT2D eigenvalue weighted by atomic mass is 79.9. The predicted molar refractivity (Wildman–Crippen MR) is 79.5 cm³/mol. The van der Waals surface area contributed by atoms with Crippen molar-refractivity contribution in [3.05, 3.63) is 47.0 Å². The predicted octanol–water partition coefficient (Wildman–Crippen LogP) is 3.63. The van der Waals surface area contributed by atoms with Crippen molar-refractivity contribution in [3.63, 3.8) is 0 Å². The summed E-state index contributed by atoms with van der Waals surface area (Å²) < 4.78 is 1.06. The molecular formula is C15H16BrN3. The van der Waals surface area contributed by atoms with Gasteiger partial charge in [-0.1, -0.05) is 40.9 Å². The number of hydrogen-bond donors (Lipinski definition) is 1. The first-order chi connectivity index (χ1) is 9.17. The van der Waals surface area contributed by atoms with Gasteiger partial charge in [-0.05, 0) is 30.5 Å². The number of halogens is 1. The standard InChI is InChI=1S/C15H16BrN3/c16-13-5-3-4-11(8-13)12-9-18-14(19-10-12)15(17)6-1-2-7-15/h3-5,8-10H,1-2,6-7,17H2. The molecule has 0 unspecified atom stereocenters. The van der Waals surface area contributed by atoms with Gasteiger partial charge >= 0.3 is 0 Å². The summed E-state index contributed by atoms with van der Waals surface area (Å²) >= 11 is 3.48. The van der Waals surface area contributed by atoms with Gasteiger partial charge in [0, 0.05) is 22.4 Å². The van der Waals surface area contributed by atoms with Crippen molar-refractivity contribution >= 4 is 15.9 Å².